The molecule has 1 aliphatic rings. The molecule has 10 heteroatoms. The third-order valence-corrected chi connectivity index (χ3v) is 5.25. The Bertz CT molecular complexity index is 1020. The van der Waals surface area contributed by atoms with Gasteiger partial charge in [0, 0.05) is 34.6 Å². The maximum Gasteiger partial charge on any atom is 0.243 e. The molecule has 2 atom stereocenters. The molecular weight excluding hydrogens is 387 g/mol. The number of hydrogen-bond acceptors (Lipinski definition) is 8. The number of aromatic hydroxyl groups is 1. The van der Waals surface area contributed by atoms with Gasteiger partial charge in [0.25, 0.3) is 0 Å². The fourth-order valence-electron chi connectivity index (χ4n) is 4.11. The van der Waals surface area contributed by atoms with Crippen LogP contribution in [-0.4, -0.2) is 58.8 Å². The zero-order chi connectivity index (χ0) is 21.5. The van der Waals surface area contributed by atoms with E-state index in [-0.39, 0.29) is 22.9 Å². The van der Waals surface area contributed by atoms with Gasteiger partial charge >= 0.3 is 0 Å². The quantitative estimate of drug-likeness (QED) is 0.516. The Hall–Kier alpha value is -3.14. The van der Waals surface area contributed by atoms with Crippen molar-refractivity contribution < 1.29 is 9.50 Å². The van der Waals surface area contributed by atoms with Crippen LogP contribution in [0, 0.1) is 0 Å². The molecule has 0 saturated carbocycles. The highest BCUT2D eigenvalue weighted by molar-refractivity contribution is 5.69. The van der Waals surface area contributed by atoms with Gasteiger partial charge in [-0.25, -0.2) is 14.4 Å². The van der Waals surface area contributed by atoms with Crippen LogP contribution in [0.3, 0.4) is 0 Å². The molecule has 4 heterocycles. The molecular formula is C20H25FN8O. The summed E-state index contributed by atoms with van der Waals surface area (Å²) in [7, 11) is 0. The van der Waals surface area contributed by atoms with Crippen LogP contribution in [0.15, 0.2) is 30.9 Å². The van der Waals surface area contributed by atoms with Crippen molar-refractivity contribution in [1.29, 1.82) is 0 Å². The minimum absolute atomic E-state index is 0.0452. The average molecular weight is 412 g/mol. The van der Waals surface area contributed by atoms with E-state index in [4.69, 9.17) is 0 Å². The summed E-state index contributed by atoms with van der Waals surface area (Å²) in [5.41, 5.74) is 1.19. The van der Waals surface area contributed by atoms with Gasteiger partial charge in [-0.3, -0.25) is 5.10 Å². The monoisotopic (exact) mass is 412 g/mol. The zero-order valence-electron chi connectivity index (χ0n) is 17.3. The van der Waals surface area contributed by atoms with Crippen molar-refractivity contribution in [3.05, 3.63) is 30.9 Å². The minimum atomic E-state index is -1.13. The molecule has 0 aliphatic carbocycles. The first-order chi connectivity index (χ1) is 14.1. The largest absolute Gasteiger partial charge is 0.506 e. The highest BCUT2D eigenvalue weighted by Crippen LogP contribution is 2.33. The van der Waals surface area contributed by atoms with Gasteiger partial charge in [0.2, 0.25) is 5.95 Å². The van der Waals surface area contributed by atoms with Crippen molar-refractivity contribution in [2.75, 3.05) is 5.32 Å². The van der Waals surface area contributed by atoms with E-state index in [1.807, 2.05) is 27.7 Å². The Balaban J connectivity index is 1.52. The highest BCUT2D eigenvalue weighted by Gasteiger charge is 2.46. The van der Waals surface area contributed by atoms with E-state index in [1.165, 1.54) is 6.20 Å². The molecule has 0 spiro atoms. The second-order valence-electron chi connectivity index (χ2n) is 8.83. The van der Waals surface area contributed by atoms with Crippen molar-refractivity contribution in [1.82, 2.24) is 35.7 Å². The lowest BCUT2D eigenvalue weighted by Gasteiger charge is -2.48. The number of alkyl halides is 1. The number of pyridine rings is 1. The third kappa shape index (κ3) is 3.95. The van der Waals surface area contributed by atoms with Gasteiger partial charge in [0.15, 0.2) is 0 Å². The van der Waals surface area contributed by atoms with E-state index >= 15 is 0 Å². The normalized spacial score (nSPS) is 22.6. The van der Waals surface area contributed by atoms with E-state index in [1.54, 1.807) is 24.7 Å². The number of anilines is 1. The van der Waals surface area contributed by atoms with Gasteiger partial charge < -0.3 is 15.7 Å². The summed E-state index contributed by atoms with van der Waals surface area (Å²) in [4.78, 5) is 8.53. The minimum Gasteiger partial charge on any atom is -0.506 e. The average Bonchev–Trinajstić information content (AvgIpc) is 3.20. The summed E-state index contributed by atoms with van der Waals surface area (Å²) in [6, 6.07) is 1.12. The number of nitrogens with zero attached hydrogens (tertiary/aromatic N) is 5. The molecule has 158 valence electrons. The summed E-state index contributed by atoms with van der Waals surface area (Å²) in [6.45, 7) is 7.77. The Morgan fingerprint density at radius 3 is 2.53 bits per heavy atom. The van der Waals surface area contributed by atoms with Crippen molar-refractivity contribution >= 4 is 5.95 Å². The van der Waals surface area contributed by atoms with Crippen molar-refractivity contribution in [2.45, 2.75) is 57.4 Å². The fraction of sp³-hybridized carbons (Fsp3) is 0.450. The number of hydrogen-bond donors (Lipinski definition) is 4. The second-order valence-corrected chi connectivity index (χ2v) is 8.83. The lowest BCUT2D eigenvalue weighted by atomic mass is 9.78. The van der Waals surface area contributed by atoms with Crippen molar-refractivity contribution in [2.24, 2.45) is 0 Å². The van der Waals surface area contributed by atoms with Crippen molar-refractivity contribution in [3.63, 3.8) is 0 Å². The molecule has 0 radical (unpaired) electrons. The van der Waals surface area contributed by atoms with Gasteiger partial charge in [-0.1, -0.05) is 0 Å². The molecule has 0 bridgehead atoms. The summed E-state index contributed by atoms with van der Waals surface area (Å²) < 4.78 is 15.0. The summed E-state index contributed by atoms with van der Waals surface area (Å²) in [5.74, 6) is 0.186. The zero-order valence-corrected chi connectivity index (χ0v) is 17.3. The van der Waals surface area contributed by atoms with E-state index in [9.17, 15) is 9.50 Å². The van der Waals surface area contributed by atoms with Gasteiger partial charge in [-0.2, -0.15) is 5.10 Å². The van der Waals surface area contributed by atoms with Crippen LogP contribution in [0.2, 0.25) is 0 Å². The first kappa shape index (κ1) is 20.1. The molecule has 3 aromatic rings. The maximum absolute atomic E-state index is 15.0. The molecule has 30 heavy (non-hydrogen) atoms. The number of piperidine rings is 1. The van der Waals surface area contributed by atoms with E-state index in [2.05, 4.69) is 41.0 Å². The smallest absolute Gasteiger partial charge is 0.243 e. The molecule has 3 aromatic heterocycles. The van der Waals surface area contributed by atoms with Crippen LogP contribution < -0.4 is 10.6 Å². The molecule has 0 aromatic carbocycles. The number of nitrogens with one attached hydrogen (secondary N) is 3. The predicted molar refractivity (Wildman–Crippen MR) is 111 cm³/mol. The molecule has 9 nitrogen and oxygen atoms in total. The van der Waals surface area contributed by atoms with Crippen LogP contribution in [-0.2, 0) is 0 Å². The highest BCUT2D eigenvalue weighted by atomic mass is 19.1. The SMILES string of the molecule is CC1(C)C[C@@H](Nc2ncc(-c3ncc(-c4cn[nH]c4)cc3O)nn2)[C@@H](F)C(C)(C)N1. The van der Waals surface area contributed by atoms with Crippen LogP contribution in [0.5, 0.6) is 5.75 Å². The van der Waals surface area contributed by atoms with Gasteiger partial charge in [0.05, 0.1) is 18.4 Å². The number of aromatic amines is 1. The maximum atomic E-state index is 15.0. The van der Waals surface area contributed by atoms with Gasteiger partial charge in [-0.15, -0.1) is 10.2 Å². The Labute approximate surface area is 173 Å². The molecule has 1 saturated heterocycles. The summed E-state index contributed by atoms with van der Waals surface area (Å²) in [6.07, 6.45) is 5.86. The van der Waals surface area contributed by atoms with Crippen LogP contribution in [0.1, 0.15) is 34.1 Å². The molecule has 0 amide bonds. The number of rotatable bonds is 4. The van der Waals surface area contributed by atoms with Gasteiger partial charge in [0.1, 0.15) is 23.3 Å². The first-order valence-corrected chi connectivity index (χ1v) is 9.73. The van der Waals surface area contributed by atoms with E-state index < -0.39 is 17.8 Å². The Morgan fingerprint density at radius 2 is 1.90 bits per heavy atom. The predicted octanol–water partition coefficient (Wildman–Crippen LogP) is 2.70. The Morgan fingerprint density at radius 1 is 1.10 bits per heavy atom. The molecule has 1 fully saturated rings. The Kier molecular flexibility index (Phi) is 4.89. The van der Waals surface area contributed by atoms with Crippen molar-refractivity contribution in [3.8, 4) is 28.3 Å². The number of halogens is 1. The molecule has 4 N–H and O–H groups in total. The second kappa shape index (κ2) is 7.28. The summed E-state index contributed by atoms with van der Waals surface area (Å²) >= 11 is 0. The number of H-pyrrole nitrogens is 1. The first-order valence-electron chi connectivity index (χ1n) is 9.73. The van der Waals surface area contributed by atoms with E-state index in [0.29, 0.717) is 17.7 Å². The standard InChI is InChI=1S/C20H25FN8O/c1-19(2)6-13(17(21)20(3,4)29-19)26-18-23-10-14(27-28-18)16-15(30)5-11(7-22-16)12-8-24-25-9-12/h5,7-10,13,17,29-30H,6H2,1-4H3,(H,24,25)(H,23,26,28)/t13-,17-/m1/s1. The van der Waals surface area contributed by atoms with Crippen LogP contribution in [0.4, 0.5) is 10.3 Å². The lowest BCUT2D eigenvalue weighted by Crippen LogP contribution is -2.67. The number of aromatic nitrogens is 6. The topological polar surface area (TPSA) is 125 Å². The summed E-state index contributed by atoms with van der Waals surface area (Å²) in [5, 5.41) is 31.5. The molecule has 4 rings (SSSR count). The lowest BCUT2D eigenvalue weighted by molar-refractivity contribution is 0.0654. The van der Waals surface area contributed by atoms with Crippen LogP contribution >= 0.6 is 0 Å². The van der Waals surface area contributed by atoms with E-state index in [0.717, 1.165) is 5.56 Å². The molecule has 0 unspecified atom stereocenters. The fourth-order valence-corrected chi connectivity index (χ4v) is 4.11. The third-order valence-electron chi connectivity index (χ3n) is 5.25. The molecule has 1 aliphatic heterocycles. The van der Waals surface area contributed by atoms with Crippen LogP contribution in [0.25, 0.3) is 22.5 Å². The van der Waals surface area contributed by atoms with Gasteiger partial charge in [-0.05, 0) is 40.2 Å².